The summed E-state index contributed by atoms with van der Waals surface area (Å²) in [5, 5.41) is 12.1. The smallest absolute Gasteiger partial charge is 0.134 e. The van der Waals surface area contributed by atoms with Crippen LogP contribution in [0.4, 0.5) is 0 Å². The van der Waals surface area contributed by atoms with Gasteiger partial charge in [-0.25, -0.2) is 0 Å². The lowest BCUT2D eigenvalue weighted by Gasteiger charge is -1.98. The van der Waals surface area contributed by atoms with E-state index in [0.717, 1.165) is 14.6 Å². The molecule has 0 spiro atoms. The van der Waals surface area contributed by atoms with Crippen molar-refractivity contribution in [3.8, 4) is 5.75 Å². The second-order valence-corrected chi connectivity index (χ2v) is 4.37. The molecule has 1 aromatic heterocycles. The number of aromatic hydroxyl groups is 1. The number of aryl methyl sites for hydroxylation is 1. The summed E-state index contributed by atoms with van der Waals surface area (Å²) < 4.78 is 2.21. The average molecular weight is 243 g/mol. The van der Waals surface area contributed by atoms with Crippen LogP contribution in [0.15, 0.2) is 22.0 Å². The van der Waals surface area contributed by atoms with Crippen LogP contribution < -0.4 is 0 Å². The van der Waals surface area contributed by atoms with Gasteiger partial charge in [-0.15, -0.1) is 11.3 Å². The van der Waals surface area contributed by atoms with E-state index in [1.165, 1.54) is 5.56 Å². The highest BCUT2D eigenvalue weighted by Crippen LogP contribution is 2.37. The average Bonchev–Trinajstić information content (AvgIpc) is 2.41. The van der Waals surface area contributed by atoms with Gasteiger partial charge in [0.25, 0.3) is 0 Å². The molecule has 3 heteroatoms. The lowest BCUT2D eigenvalue weighted by molar-refractivity contribution is 0.483. The van der Waals surface area contributed by atoms with Crippen molar-refractivity contribution >= 4 is 37.4 Å². The van der Waals surface area contributed by atoms with Crippen LogP contribution in [0.5, 0.6) is 5.75 Å². The lowest BCUT2D eigenvalue weighted by atomic mass is 10.2. The number of benzene rings is 1. The van der Waals surface area contributed by atoms with Crippen LogP contribution in [0.2, 0.25) is 0 Å². The fraction of sp³-hybridized carbons (Fsp3) is 0.111. The first-order valence-corrected chi connectivity index (χ1v) is 5.22. The Labute approximate surface area is 82.8 Å². The van der Waals surface area contributed by atoms with Crippen LogP contribution in [-0.4, -0.2) is 5.11 Å². The second kappa shape index (κ2) is 2.75. The Kier molecular flexibility index (Phi) is 1.85. The molecule has 0 amide bonds. The van der Waals surface area contributed by atoms with Crippen molar-refractivity contribution in [3.63, 3.8) is 0 Å². The summed E-state index contributed by atoms with van der Waals surface area (Å²) in [6.45, 7) is 2.04. The molecule has 0 unspecified atom stereocenters. The maximum absolute atomic E-state index is 9.42. The minimum atomic E-state index is 0.371. The van der Waals surface area contributed by atoms with Crippen molar-refractivity contribution in [1.82, 2.24) is 0 Å². The summed E-state index contributed by atoms with van der Waals surface area (Å²) in [5.41, 5.74) is 1.20. The molecule has 0 saturated carbocycles. The van der Waals surface area contributed by atoms with Crippen molar-refractivity contribution in [2.45, 2.75) is 6.92 Å². The van der Waals surface area contributed by atoms with E-state index in [0.29, 0.717) is 5.75 Å². The molecule has 0 aliphatic rings. The molecule has 0 atom stereocenters. The summed E-state index contributed by atoms with van der Waals surface area (Å²) in [7, 11) is 0. The first-order valence-electron chi connectivity index (χ1n) is 3.55. The van der Waals surface area contributed by atoms with Gasteiger partial charge in [-0.1, -0.05) is 6.07 Å². The molecule has 0 aliphatic carbocycles. The van der Waals surface area contributed by atoms with Crippen LogP contribution in [0.1, 0.15) is 5.56 Å². The molecule has 0 radical (unpaired) electrons. The number of thiophene rings is 1. The largest absolute Gasteiger partial charge is 0.506 e. The molecule has 62 valence electrons. The van der Waals surface area contributed by atoms with E-state index in [2.05, 4.69) is 15.9 Å². The van der Waals surface area contributed by atoms with Crippen molar-refractivity contribution in [3.05, 3.63) is 27.5 Å². The van der Waals surface area contributed by atoms with Crippen molar-refractivity contribution in [2.75, 3.05) is 0 Å². The molecule has 2 aromatic rings. The van der Waals surface area contributed by atoms with E-state index in [4.69, 9.17) is 0 Å². The van der Waals surface area contributed by atoms with Crippen LogP contribution in [0, 0.1) is 6.92 Å². The molecular weight excluding hydrogens is 236 g/mol. The third-order valence-electron chi connectivity index (χ3n) is 1.85. The highest BCUT2D eigenvalue weighted by atomic mass is 79.9. The van der Waals surface area contributed by atoms with Crippen LogP contribution in [-0.2, 0) is 0 Å². The van der Waals surface area contributed by atoms with Crippen LogP contribution in [0.3, 0.4) is 0 Å². The topological polar surface area (TPSA) is 20.2 Å². The molecule has 2 rings (SSSR count). The molecule has 1 heterocycles. The number of hydrogen-bond donors (Lipinski definition) is 1. The fourth-order valence-electron chi connectivity index (χ4n) is 1.15. The zero-order valence-corrected chi connectivity index (χ0v) is 8.87. The van der Waals surface area contributed by atoms with E-state index >= 15 is 0 Å². The van der Waals surface area contributed by atoms with E-state index in [-0.39, 0.29) is 0 Å². The highest BCUT2D eigenvalue weighted by Gasteiger charge is 2.06. The number of rotatable bonds is 0. The molecule has 0 aliphatic heterocycles. The Bertz CT molecular complexity index is 433. The van der Waals surface area contributed by atoms with Gasteiger partial charge in [0.1, 0.15) is 5.75 Å². The summed E-state index contributed by atoms with van der Waals surface area (Å²) in [4.78, 5) is 0. The van der Waals surface area contributed by atoms with Gasteiger partial charge in [0.2, 0.25) is 0 Å². The zero-order chi connectivity index (χ0) is 8.72. The molecule has 0 saturated heterocycles. The van der Waals surface area contributed by atoms with E-state index in [9.17, 15) is 5.11 Å². The Hall–Kier alpha value is -0.540. The molecule has 0 fully saturated rings. The minimum absolute atomic E-state index is 0.371. The Balaban J connectivity index is 2.93. The van der Waals surface area contributed by atoms with E-state index < -0.39 is 0 Å². The SMILES string of the molecule is Cc1ccc2c(O)csc2c1Br. The van der Waals surface area contributed by atoms with Gasteiger partial charge in [-0.3, -0.25) is 0 Å². The van der Waals surface area contributed by atoms with Crippen LogP contribution in [0.25, 0.3) is 10.1 Å². The standard InChI is InChI=1S/C9H7BrOS/c1-5-2-3-6-7(11)4-12-9(6)8(5)10/h2-4,11H,1H3. The van der Waals surface area contributed by atoms with Gasteiger partial charge in [0, 0.05) is 15.2 Å². The predicted molar refractivity (Wildman–Crippen MR) is 55.9 cm³/mol. The number of fused-ring (bicyclic) bond motifs is 1. The maximum atomic E-state index is 9.42. The Morgan fingerprint density at radius 1 is 1.42 bits per heavy atom. The quantitative estimate of drug-likeness (QED) is 0.748. The van der Waals surface area contributed by atoms with Gasteiger partial charge in [-0.05, 0) is 34.5 Å². The zero-order valence-electron chi connectivity index (χ0n) is 6.47. The van der Waals surface area contributed by atoms with Crippen molar-refractivity contribution in [1.29, 1.82) is 0 Å². The number of halogens is 1. The van der Waals surface area contributed by atoms with Gasteiger partial charge in [0.05, 0.1) is 4.70 Å². The van der Waals surface area contributed by atoms with Gasteiger partial charge in [0.15, 0.2) is 0 Å². The van der Waals surface area contributed by atoms with E-state index in [1.807, 2.05) is 19.1 Å². The number of hydrogen-bond acceptors (Lipinski definition) is 2. The van der Waals surface area contributed by atoms with Crippen LogP contribution >= 0.6 is 27.3 Å². The van der Waals surface area contributed by atoms with Crippen molar-refractivity contribution in [2.24, 2.45) is 0 Å². The van der Waals surface area contributed by atoms with Gasteiger partial charge >= 0.3 is 0 Å². The highest BCUT2D eigenvalue weighted by molar-refractivity contribution is 9.10. The predicted octanol–water partition coefficient (Wildman–Crippen LogP) is 3.68. The summed E-state index contributed by atoms with van der Waals surface area (Å²) in [5.74, 6) is 0.371. The first kappa shape index (κ1) is 8.08. The maximum Gasteiger partial charge on any atom is 0.134 e. The molecular formula is C9H7BrOS. The molecule has 1 N–H and O–H groups in total. The lowest BCUT2D eigenvalue weighted by Crippen LogP contribution is -1.73. The Morgan fingerprint density at radius 3 is 2.92 bits per heavy atom. The Morgan fingerprint density at radius 2 is 2.17 bits per heavy atom. The second-order valence-electron chi connectivity index (χ2n) is 2.69. The monoisotopic (exact) mass is 242 g/mol. The summed E-state index contributed by atoms with van der Waals surface area (Å²) in [6, 6.07) is 3.94. The molecule has 1 aromatic carbocycles. The third-order valence-corrected chi connectivity index (χ3v) is 4.14. The van der Waals surface area contributed by atoms with Gasteiger partial charge in [-0.2, -0.15) is 0 Å². The molecule has 12 heavy (non-hydrogen) atoms. The summed E-state index contributed by atoms with van der Waals surface area (Å²) >= 11 is 5.05. The fourth-order valence-corrected chi connectivity index (χ4v) is 2.70. The normalized spacial score (nSPS) is 10.8. The van der Waals surface area contributed by atoms with Crippen molar-refractivity contribution < 1.29 is 5.11 Å². The minimum Gasteiger partial charge on any atom is -0.506 e. The summed E-state index contributed by atoms with van der Waals surface area (Å²) in [6.07, 6.45) is 0. The molecule has 0 bridgehead atoms. The van der Waals surface area contributed by atoms with Gasteiger partial charge < -0.3 is 5.11 Å². The van der Waals surface area contributed by atoms with E-state index in [1.54, 1.807) is 16.7 Å². The molecule has 1 nitrogen and oxygen atoms in total. The third kappa shape index (κ3) is 1.04. The first-order chi connectivity index (χ1) is 5.70.